The van der Waals surface area contributed by atoms with Gasteiger partial charge in [0.1, 0.15) is 22.2 Å². The van der Waals surface area contributed by atoms with E-state index in [0.717, 1.165) is 5.69 Å². The lowest BCUT2D eigenvalue weighted by Crippen LogP contribution is -2.53. The summed E-state index contributed by atoms with van der Waals surface area (Å²) in [6.45, 7) is 5.98. The Kier molecular flexibility index (Phi) is 6.47. The zero-order valence-corrected chi connectivity index (χ0v) is 19.8. The first-order chi connectivity index (χ1) is 15.8. The summed E-state index contributed by atoms with van der Waals surface area (Å²) in [5.41, 5.74) is 2.35. The van der Waals surface area contributed by atoms with Crippen molar-refractivity contribution in [1.29, 1.82) is 0 Å². The molecule has 0 N–H and O–H groups in total. The first kappa shape index (κ1) is 22.9. The molecule has 1 fully saturated rings. The molecule has 3 aromatic rings. The number of rotatable bonds is 6. The topological polar surface area (TPSA) is 80.1 Å². The minimum atomic E-state index is -3.69. The highest BCUT2D eigenvalue weighted by Gasteiger charge is 2.29. The van der Waals surface area contributed by atoms with Crippen molar-refractivity contribution in [3.8, 4) is 5.75 Å². The second-order valence-corrected chi connectivity index (χ2v) is 10.3. The molecule has 0 saturated carbocycles. The van der Waals surface area contributed by atoms with Crippen molar-refractivity contribution in [2.24, 2.45) is 0 Å². The lowest BCUT2D eigenvalue weighted by molar-refractivity contribution is 0.0692. The van der Waals surface area contributed by atoms with Crippen LogP contribution in [0.4, 0.5) is 5.69 Å². The van der Waals surface area contributed by atoms with Crippen LogP contribution in [0.25, 0.3) is 0 Å². The molecular weight excluding hydrogens is 440 g/mol. The van der Waals surface area contributed by atoms with Gasteiger partial charge in [-0.25, -0.2) is 8.42 Å². The number of ether oxygens (including phenoxy) is 1. The van der Waals surface area contributed by atoms with Crippen molar-refractivity contribution in [1.82, 2.24) is 4.90 Å². The first-order valence-corrected chi connectivity index (χ1v) is 12.5. The van der Waals surface area contributed by atoms with Crippen LogP contribution in [-0.4, -0.2) is 52.0 Å². The number of hydrogen-bond acceptors (Lipinski definition) is 6. The van der Waals surface area contributed by atoms with Crippen molar-refractivity contribution in [3.63, 3.8) is 0 Å². The van der Waals surface area contributed by atoms with Crippen LogP contribution < -0.4 is 9.64 Å². The highest BCUT2D eigenvalue weighted by atomic mass is 32.2. The summed E-state index contributed by atoms with van der Waals surface area (Å²) in [6, 6.07) is 18.1. The van der Waals surface area contributed by atoms with Crippen LogP contribution in [0.1, 0.15) is 28.8 Å². The summed E-state index contributed by atoms with van der Waals surface area (Å²) in [6.07, 6.45) is 0. The maximum absolute atomic E-state index is 13.0. The normalized spacial score (nSPS) is 16.6. The molecule has 174 valence electrons. The number of piperazine rings is 1. The van der Waals surface area contributed by atoms with Crippen LogP contribution in [0.15, 0.2) is 70.0 Å². The number of carbonyl (C=O) groups is 1. The molecular formula is C25H28N2O5S. The van der Waals surface area contributed by atoms with Gasteiger partial charge in [-0.2, -0.15) is 0 Å². The van der Waals surface area contributed by atoms with Crippen molar-refractivity contribution in [2.75, 3.05) is 31.6 Å². The summed E-state index contributed by atoms with van der Waals surface area (Å²) in [5.74, 6) is 0.0667. The first-order valence-electron chi connectivity index (χ1n) is 10.9. The Morgan fingerprint density at radius 1 is 1.06 bits per heavy atom. The fourth-order valence-corrected chi connectivity index (χ4v) is 5.56. The summed E-state index contributed by atoms with van der Waals surface area (Å²) in [7, 11) is -2.27. The van der Waals surface area contributed by atoms with Gasteiger partial charge in [-0.05, 0) is 50.2 Å². The molecule has 1 aliphatic heterocycles. The molecule has 33 heavy (non-hydrogen) atoms. The van der Waals surface area contributed by atoms with Crippen molar-refractivity contribution in [3.05, 3.63) is 77.7 Å². The zero-order chi connectivity index (χ0) is 23.6. The highest BCUT2D eigenvalue weighted by Crippen LogP contribution is 2.27. The van der Waals surface area contributed by atoms with Crippen LogP contribution in [-0.2, 0) is 15.6 Å². The smallest absolute Gasteiger partial charge is 0.289 e. The molecule has 1 atom stereocenters. The molecule has 1 amide bonds. The summed E-state index contributed by atoms with van der Waals surface area (Å²) >= 11 is 0. The molecule has 0 bridgehead atoms. The van der Waals surface area contributed by atoms with E-state index in [2.05, 4.69) is 43.0 Å². The summed E-state index contributed by atoms with van der Waals surface area (Å²) in [4.78, 5) is 17.2. The molecule has 0 unspecified atom stereocenters. The van der Waals surface area contributed by atoms with Gasteiger partial charge in [0.25, 0.3) is 5.91 Å². The van der Waals surface area contributed by atoms with E-state index < -0.39 is 9.84 Å². The van der Waals surface area contributed by atoms with Gasteiger partial charge < -0.3 is 19.0 Å². The van der Waals surface area contributed by atoms with E-state index in [1.165, 1.54) is 18.7 Å². The number of furan rings is 1. The maximum Gasteiger partial charge on any atom is 0.289 e. The number of benzene rings is 2. The number of anilines is 1. The highest BCUT2D eigenvalue weighted by molar-refractivity contribution is 7.90. The SMILES string of the molecule is COc1ccccc1S(=O)(=O)Cc1ccc(C(=O)N2CCN(c3ccc(C)cc3)[C@H](C)C2)o1. The van der Waals surface area contributed by atoms with Crippen LogP contribution in [0.2, 0.25) is 0 Å². The van der Waals surface area contributed by atoms with E-state index in [-0.39, 0.29) is 39.9 Å². The number of nitrogens with zero attached hydrogens (tertiary/aromatic N) is 2. The molecule has 1 aliphatic rings. The monoisotopic (exact) mass is 468 g/mol. The van der Waals surface area contributed by atoms with Gasteiger partial charge in [0.15, 0.2) is 15.6 Å². The summed E-state index contributed by atoms with van der Waals surface area (Å²) < 4.78 is 36.6. The van der Waals surface area contributed by atoms with Crippen LogP contribution >= 0.6 is 0 Å². The minimum absolute atomic E-state index is 0.0952. The van der Waals surface area contributed by atoms with Gasteiger partial charge in [0.05, 0.1) is 7.11 Å². The second-order valence-electron chi connectivity index (χ2n) is 8.31. The Bertz CT molecular complexity index is 1230. The molecule has 0 radical (unpaired) electrons. The van der Waals surface area contributed by atoms with Gasteiger partial charge in [-0.1, -0.05) is 29.8 Å². The molecule has 0 aliphatic carbocycles. The quantitative estimate of drug-likeness (QED) is 0.546. The number of amides is 1. The second kappa shape index (κ2) is 9.31. The van der Waals surface area contributed by atoms with Gasteiger partial charge >= 0.3 is 0 Å². The number of carbonyl (C=O) groups excluding carboxylic acids is 1. The Balaban J connectivity index is 1.43. The van der Waals surface area contributed by atoms with Crippen LogP contribution in [0.5, 0.6) is 5.75 Å². The van der Waals surface area contributed by atoms with Gasteiger partial charge in [0.2, 0.25) is 0 Å². The molecule has 4 rings (SSSR count). The summed E-state index contributed by atoms with van der Waals surface area (Å²) in [5, 5.41) is 0. The molecule has 1 aromatic heterocycles. The van der Waals surface area contributed by atoms with E-state index in [4.69, 9.17) is 9.15 Å². The van der Waals surface area contributed by atoms with E-state index in [9.17, 15) is 13.2 Å². The van der Waals surface area contributed by atoms with Crippen molar-refractivity contribution < 1.29 is 22.4 Å². The molecule has 7 nitrogen and oxygen atoms in total. The Morgan fingerprint density at radius 2 is 1.79 bits per heavy atom. The zero-order valence-electron chi connectivity index (χ0n) is 19.0. The van der Waals surface area contributed by atoms with Crippen LogP contribution in [0.3, 0.4) is 0 Å². The Morgan fingerprint density at radius 3 is 2.48 bits per heavy atom. The van der Waals surface area contributed by atoms with E-state index in [1.54, 1.807) is 35.2 Å². The maximum atomic E-state index is 13.0. The lowest BCUT2D eigenvalue weighted by atomic mass is 10.1. The fourth-order valence-electron chi connectivity index (χ4n) is 4.13. The molecule has 1 saturated heterocycles. The van der Waals surface area contributed by atoms with E-state index in [0.29, 0.717) is 19.6 Å². The molecule has 8 heteroatoms. The number of hydrogen-bond donors (Lipinski definition) is 0. The third kappa shape index (κ3) is 4.90. The molecule has 0 spiro atoms. The third-order valence-electron chi connectivity index (χ3n) is 5.89. The predicted molar refractivity (Wildman–Crippen MR) is 126 cm³/mol. The fraction of sp³-hybridized carbons (Fsp3) is 0.320. The number of sulfone groups is 1. The number of para-hydroxylation sites is 1. The average molecular weight is 469 g/mol. The Labute approximate surface area is 194 Å². The number of methoxy groups -OCH3 is 1. The Hall–Kier alpha value is -3.26. The predicted octanol–water partition coefficient (Wildman–Crippen LogP) is 3.92. The minimum Gasteiger partial charge on any atom is -0.495 e. The molecule has 2 aromatic carbocycles. The van der Waals surface area contributed by atoms with E-state index in [1.807, 2.05) is 0 Å². The standard InChI is InChI=1S/C25H28N2O5S/c1-18-8-10-20(11-9-18)27-15-14-26(16-19(27)2)25(28)23-13-12-21(32-23)17-33(29,30)24-7-5-4-6-22(24)31-3/h4-13,19H,14-17H2,1-3H3/t19-/m1/s1. The molecule has 2 heterocycles. The van der Waals surface area contributed by atoms with Crippen molar-refractivity contribution in [2.45, 2.75) is 30.5 Å². The van der Waals surface area contributed by atoms with Gasteiger partial charge in [0, 0.05) is 31.4 Å². The van der Waals surface area contributed by atoms with Gasteiger partial charge in [-0.3, -0.25) is 4.79 Å². The lowest BCUT2D eigenvalue weighted by Gasteiger charge is -2.41. The van der Waals surface area contributed by atoms with Gasteiger partial charge in [-0.15, -0.1) is 0 Å². The largest absolute Gasteiger partial charge is 0.495 e. The van der Waals surface area contributed by atoms with E-state index >= 15 is 0 Å². The van der Waals surface area contributed by atoms with Crippen molar-refractivity contribution >= 4 is 21.4 Å². The third-order valence-corrected chi connectivity index (χ3v) is 7.56. The average Bonchev–Trinajstić information content (AvgIpc) is 3.27. The number of aryl methyl sites for hydroxylation is 1. The van der Waals surface area contributed by atoms with Crippen LogP contribution in [0, 0.1) is 6.92 Å².